The van der Waals surface area contributed by atoms with Crippen LogP contribution in [-0.2, 0) is 18.9 Å². The van der Waals surface area contributed by atoms with E-state index in [1.165, 1.54) is 24.3 Å². The van der Waals surface area contributed by atoms with Gasteiger partial charge < -0.3 is 18.9 Å². The van der Waals surface area contributed by atoms with Gasteiger partial charge in [0.2, 0.25) is 0 Å². The number of anilines is 2. The highest BCUT2D eigenvalue weighted by Crippen LogP contribution is 2.25. The number of hydrogen-bond acceptors (Lipinski definition) is 7. The first-order valence-electron chi connectivity index (χ1n) is 10.8. The molecule has 2 N–H and O–H groups in total. The van der Waals surface area contributed by atoms with Gasteiger partial charge >= 0.3 is 18.3 Å². The standard InChI is InChI=1S/C27H28N2O7/c1-5-17-33-25(30)28-21-13-9-19(10-14-21)23(7-3)35-27(32)36-24(8-4)20-11-15-22(16-12-20)29-26(31)34-18-6-2/h5-16,23-24H,1-4,17-18H2,(H,28,30)(H,29,31). The van der Waals surface area contributed by atoms with Crippen molar-refractivity contribution in [1.29, 1.82) is 0 Å². The van der Waals surface area contributed by atoms with Crippen LogP contribution >= 0.6 is 0 Å². The largest absolute Gasteiger partial charge is 0.510 e. The van der Waals surface area contributed by atoms with Crippen LogP contribution in [0.3, 0.4) is 0 Å². The van der Waals surface area contributed by atoms with Gasteiger partial charge in [0.25, 0.3) is 0 Å². The Hall–Kier alpha value is -4.79. The fourth-order valence-corrected chi connectivity index (χ4v) is 2.83. The summed E-state index contributed by atoms with van der Waals surface area (Å²) in [6, 6.07) is 13.2. The van der Waals surface area contributed by atoms with Crippen molar-refractivity contribution in [3.63, 3.8) is 0 Å². The van der Waals surface area contributed by atoms with Crippen molar-refractivity contribution in [1.82, 2.24) is 0 Å². The van der Waals surface area contributed by atoms with Crippen molar-refractivity contribution in [3.05, 3.63) is 110 Å². The summed E-state index contributed by atoms with van der Waals surface area (Å²) in [5.74, 6) is 0. The lowest BCUT2D eigenvalue weighted by Gasteiger charge is -2.18. The number of rotatable bonds is 12. The summed E-state index contributed by atoms with van der Waals surface area (Å²) < 4.78 is 20.5. The van der Waals surface area contributed by atoms with Crippen LogP contribution in [0.15, 0.2) is 99.2 Å². The number of benzene rings is 2. The van der Waals surface area contributed by atoms with E-state index in [0.29, 0.717) is 22.5 Å². The van der Waals surface area contributed by atoms with Gasteiger partial charge in [0, 0.05) is 11.4 Å². The Bertz CT molecular complexity index is 993. The molecule has 9 heteroatoms. The number of ether oxygens (including phenoxy) is 4. The van der Waals surface area contributed by atoms with Crippen molar-refractivity contribution >= 4 is 29.7 Å². The molecule has 188 valence electrons. The first-order valence-corrected chi connectivity index (χ1v) is 10.8. The van der Waals surface area contributed by atoms with Gasteiger partial charge in [-0.25, -0.2) is 14.4 Å². The molecule has 2 unspecified atom stereocenters. The molecule has 0 fully saturated rings. The summed E-state index contributed by atoms with van der Waals surface area (Å²) in [5.41, 5.74) is 2.22. The molecule has 0 radical (unpaired) electrons. The van der Waals surface area contributed by atoms with E-state index in [2.05, 4.69) is 36.9 Å². The summed E-state index contributed by atoms with van der Waals surface area (Å²) >= 11 is 0. The van der Waals surface area contributed by atoms with Crippen LogP contribution in [0.25, 0.3) is 0 Å². The molecule has 0 saturated heterocycles. The quantitative estimate of drug-likeness (QED) is 0.199. The third-order valence-corrected chi connectivity index (χ3v) is 4.51. The number of carbonyl (C=O) groups excluding carboxylic acids is 3. The van der Waals surface area contributed by atoms with Crippen LogP contribution in [0.2, 0.25) is 0 Å². The molecule has 2 rings (SSSR count). The lowest BCUT2D eigenvalue weighted by molar-refractivity contribution is 0.0204. The summed E-state index contributed by atoms with van der Waals surface area (Å²) in [4.78, 5) is 35.7. The van der Waals surface area contributed by atoms with Gasteiger partial charge in [0.1, 0.15) is 25.4 Å². The molecule has 2 atom stereocenters. The second-order valence-corrected chi connectivity index (χ2v) is 7.07. The van der Waals surface area contributed by atoms with E-state index in [9.17, 15) is 14.4 Å². The van der Waals surface area contributed by atoms with Gasteiger partial charge in [0.05, 0.1) is 0 Å². The van der Waals surface area contributed by atoms with E-state index >= 15 is 0 Å². The van der Waals surface area contributed by atoms with Gasteiger partial charge in [-0.3, -0.25) is 10.6 Å². The predicted molar refractivity (Wildman–Crippen MR) is 137 cm³/mol. The molecular weight excluding hydrogens is 464 g/mol. The first-order chi connectivity index (χ1) is 17.4. The van der Waals surface area contributed by atoms with Crippen LogP contribution in [0.1, 0.15) is 23.3 Å². The van der Waals surface area contributed by atoms with Gasteiger partial charge in [-0.2, -0.15) is 0 Å². The summed E-state index contributed by atoms with van der Waals surface area (Å²) in [6.45, 7) is 14.5. The minimum Gasteiger partial charge on any atom is -0.445 e. The Kier molecular flexibility index (Phi) is 11.0. The van der Waals surface area contributed by atoms with Crippen LogP contribution in [0.5, 0.6) is 0 Å². The second kappa shape index (κ2) is 14.5. The smallest absolute Gasteiger partial charge is 0.445 e. The average molecular weight is 493 g/mol. The fourth-order valence-electron chi connectivity index (χ4n) is 2.83. The van der Waals surface area contributed by atoms with Gasteiger partial charge in [-0.15, -0.1) is 0 Å². The lowest BCUT2D eigenvalue weighted by Crippen LogP contribution is -2.15. The lowest BCUT2D eigenvalue weighted by atomic mass is 10.1. The van der Waals surface area contributed by atoms with Crippen LogP contribution in [0, 0.1) is 0 Å². The predicted octanol–water partition coefficient (Wildman–Crippen LogP) is 6.46. The molecule has 0 bridgehead atoms. The van der Waals surface area contributed by atoms with Crippen molar-refractivity contribution in [2.75, 3.05) is 23.8 Å². The first kappa shape index (κ1) is 27.5. The van der Waals surface area contributed by atoms with Gasteiger partial charge in [0.15, 0.2) is 0 Å². The molecule has 0 heterocycles. The Morgan fingerprint density at radius 2 is 1.03 bits per heavy atom. The van der Waals surface area contributed by atoms with E-state index < -0.39 is 30.5 Å². The average Bonchev–Trinajstić information content (AvgIpc) is 2.89. The summed E-state index contributed by atoms with van der Waals surface area (Å²) in [5, 5.41) is 5.13. The van der Waals surface area contributed by atoms with Crippen molar-refractivity contribution in [2.45, 2.75) is 12.2 Å². The summed E-state index contributed by atoms with van der Waals surface area (Å²) in [6.07, 6.45) is 2.05. The monoisotopic (exact) mass is 492 g/mol. The molecule has 0 aliphatic heterocycles. The van der Waals surface area contributed by atoms with Gasteiger partial charge in [-0.05, 0) is 47.5 Å². The molecule has 0 saturated carbocycles. The molecular formula is C27H28N2O7. The maximum atomic E-state index is 12.5. The normalized spacial score (nSPS) is 11.6. The highest BCUT2D eigenvalue weighted by atomic mass is 16.7. The number of hydrogen-bond donors (Lipinski definition) is 2. The number of nitrogens with one attached hydrogen (secondary N) is 2. The third kappa shape index (κ3) is 8.86. The summed E-state index contributed by atoms with van der Waals surface area (Å²) in [7, 11) is 0. The molecule has 0 aliphatic carbocycles. The SMILES string of the molecule is C=CCOC(=O)Nc1ccc(C(C=C)OC(=O)OC(C=C)c2ccc(NC(=O)OCC=C)cc2)cc1. The number of amides is 2. The molecule has 0 aliphatic rings. The van der Waals surface area contributed by atoms with Crippen LogP contribution < -0.4 is 10.6 Å². The van der Waals surface area contributed by atoms with E-state index in [0.717, 1.165) is 0 Å². The molecule has 2 aromatic carbocycles. The Labute approximate surface area is 209 Å². The van der Waals surface area contributed by atoms with Crippen LogP contribution in [0.4, 0.5) is 25.8 Å². The molecule has 2 amide bonds. The minimum absolute atomic E-state index is 0.0931. The van der Waals surface area contributed by atoms with Crippen molar-refractivity contribution < 1.29 is 33.3 Å². The minimum atomic E-state index is -0.935. The molecule has 0 aromatic heterocycles. The van der Waals surface area contributed by atoms with Crippen molar-refractivity contribution in [2.24, 2.45) is 0 Å². The number of carbonyl (C=O) groups is 3. The zero-order valence-electron chi connectivity index (χ0n) is 19.7. The highest BCUT2D eigenvalue weighted by Gasteiger charge is 2.19. The maximum Gasteiger partial charge on any atom is 0.510 e. The highest BCUT2D eigenvalue weighted by molar-refractivity contribution is 5.85. The Morgan fingerprint density at radius 1 is 0.667 bits per heavy atom. The zero-order valence-corrected chi connectivity index (χ0v) is 19.7. The van der Waals surface area contributed by atoms with E-state index in [1.54, 1.807) is 48.5 Å². The van der Waals surface area contributed by atoms with E-state index in [4.69, 9.17) is 18.9 Å². The second-order valence-electron chi connectivity index (χ2n) is 7.07. The topological polar surface area (TPSA) is 112 Å². The van der Waals surface area contributed by atoms with E-state index in [-0.39, 0.29) is 13.2 Å². The molecule has 36 heavy (non-hydrogen) atoms. The molecule has 2 aromatic rings. The Balaban J connectivity index is 1.95. The van der Waals surface area contributed by atoms with E-state index in [1.807, 2.05) is 0 Å². The van der Waals surface area contributed by atoms with Gasteiger partial charge in [-0.1, -0.05) is 62.7 Å². The Morgan fingerprint density at radius 3 is 1.33 bits per heavy atom. The zero-order chi connectivity index (χ0) is 26.3. The maximum absolute atomic E-state index is 12.5. The van der Waals surface area contributed by atoms with Crippen molar-refractivity contribution in [3.8, 4) is 0 Å². The van der Waals surface area contributed by atoms with Crippen LogP contribution in [-0.4, -0.2) is 31.6 Å². The molecule has 0 spiro atoms. The molecule has 9 nitrogen and oxygen atoms in total. The fraction of sp³-hybridized carbons (Fsp3) is 0.148. The third-order valence-electron chi connectivity index (χ3n) is 4.51.